The number of aliphatic hydroxyl groups is 1. The van der Waals surface area contributed by atoms with Crippen molar-refractivity contribution < 1.29 is 9.90 Å². The summed E-state index contributed by atoms with van der Waals surface area (Å²) >= 11 is 11.7. The molecule has 3 nitrogen and oxygen atoms in total. The van der Waals surface area contributed by atoms with E-state index in [1.165, 1.54) is 0 Å². The van der Waals surface area contributed by atoms with Crippen LogP contribution in [-0.4, -0.2) is 24.0 Å². The lowest BCUT2D eigenvalue weighted by Gasteiger charge is -2.18. The number of carbonyl (C=O) groups excluding carboxylic acids is 1. The maximum absolute atomic E-state index is 12.6. The smallest absolute Gasteiger partial charge is 0.184 e. The van der Waals surface area contributed by atoms with Crippen molar-refractivity contribution in [3.05, 3.63) is 69.7 Å². The van der Waals surface area contributed by atoms with Crippen LogP contribution >= 0.6 is 35.6 Å². The predicted octanol–water partition coefficient (Wildman–Crippen LogP) is 3.92. The van der Waals surface area contributed by atoms with Gasteiger partial charge in [0.25, 0.3) is 0 Å². The van der Waals surface area contributed by atoms with E-state index < -0.39 is 6.04 Å². The Labute approximate surface area is 145 Å². The van der Waals surface area contributed by atoms with E-state index in [9.17, 15) is 4.79 Å². The Morgan fingerprint density at radius 1 is 1.00 bits per heavy atom. The van der Waals surface area contributed by atoms with E-state index in [2.05, 4.69) is 5.32 Å². The fourth-order valence-electron chi connectivity index (χ4n) is 2.01. The van der Waals surface area contributed by atoms with Crippen LogP contribution in [0.5, 0.6) is 0 Å². The summed E-state index contributed by atoms with van der Waals surface area (Å²) in [4.78, 5) is 12.6. The summed E-state index contributed by atoms with van der Waals surface area (Å²) in [7, 11) is 0. The van der Waals surface area contributed by atoms with E-state index in [4.69, 9.17) is 28.3 Å². The van der Waals surface area contributed by atoms with Crippen LogP contribution in [0, 0.1) is 0 Å². The monoisotopic (exact) mass is 359 g/mol. The number of carbonyl (C=O) groups is 1. The molecule has 6 heteroatoms. The summed E-state index contributed by atoms with van der Waals surface area (Å²) in [5.74, 6) is -0.0811. The number of aliphatic hydroxyl groups excluding tert-OH is 1. The summed E-state index contributed by atoms with van der Waals surface area (Å²) in [5, 5.41) is 13.2. The minimum absolute atomic E-state index is 0. The van der Waals surface area contributed by atoms with Crippen LogP contribution in [0.3, 0.4) is 0 Å². The standard InChI is InChI=1S/C16H15Cl2NO2.ClH/c17-13-5-1-11(2-6-13)15(19-9-10-20)16(21)12-3-7-14(18)8-4-12;/h1-8,15,19-20H,9-10H2;1H. The van der Waals surface area contributed by atoms with Crippen molar-refractivity contribution in [2.45, 2.75) is 6.04 Å². The average molecular weight is 361 g/mol. The van der Waals surface area contributed by atoms with Crippen LogP contribution in [0.25, 0.3) is 0 Å². The lowest BCUT2D eigenvalue weighted by Crippen LogP contribution is -2.31. The van der Waals surface area contributed by atoms with E-state index in [0.717, 1.165) is 5.56 Å². The van der Waals surface area contributed by atoms with Gasteiger partial charge in [0.05, 0.1) is 12.6 Å². The lowest BCUT2D eigenvalue weighted by atomic mass is 9.97. The van der Waals surface area contributed by atoms with E-state index in [0.29, 0.717) is 22.2 Å². The zero-order chi connectivity index (χ0) is 15.2. The number of ketones is 1. The zero-order valence-corrected chi connectivity index (χ0v) is 14.0. The van der Waals surface area contributed by atoms with Crippen molar-refractivity contribution in [2.24, 2.45) is 0 Å². The number of hydrogen-bond donors (Lipinski definition) is 2. The van der Waals surface area contributed by atoms with Crippen molar-refractivity contribution in [1.29, 1.82) is 0 Å². The van der Waals surface area contributed by atoms with Gasteiger partial charge in [0.15, 0.2) is 5.78 Å². The SMILES string of the molecule is Cl.O=C(c1ccc(Cl)cc1)C(NCCO)c1ccc(Cl)cc1. The Morgan fingerprint density at radius 3 is 2.00 bits per heavy atom. The molecule has 0 bridgehead atoms. The van der Waals surface area contributed by atoms with Gasteiger partial charge in [-0.1, -0.05) is 35.3 Å². The second-order valence-electron chi connectivity index (χ2n) is 4.53. The molecule has 22 heavy (non-hydrogen) atoms. The third kappa shape index (κ3) is 4.97. The molecule has 118 valence electrons. The minimum Gasteiger partial charge on any atom is -0.395 e. The van der Waals surface area contributed by atoms with Crippen molar-refractivity contribution in [3.63, 3.8) is 0 Å². The first-order valence-electron chi connectivity index (χ1n) is 6.51. The van der Waals surface area contributed by atoms with Crippen LogP contribution in [-0.2, 0) is 0 Å². The molecule has 0 radical (unpaired) electrons. The van der Waals surface area contributed by atoms with Gasteiger partial charge in [0.2, 0.25) is 0 Å². The number of nitrogens with one attached hydrogen (secondary N) is 1. The molecule has 0 heterocycles. The lowest BCUT2D eigenvalue weighted by molar-refractivity contribution is 0.0940. The second-order valence-corrected chi connectivity index (χ2v) is 5.41. The number of Topliss-reactive ketones (excluding diaryl/α,β-unsaturated/α-hetero) is 1. The number of rotatable bonds is 6. The second kappa shape index (κ2) is 9.13. The summed E-state index contributed by atoms with van der Waals surface area (Å²) < 4.78 is 0. The molecule has 1 atom stereocenters. The Bertz CT molecular complexity index is 600. The number of hydrogen-bond acceptors (Lipinski definition) is 3. The molecule has 0 saturated heterocycles. The van der Waals surface area contributed by atoms with Gasteiger partial charge in [0, 0.05) is 22.2 Å². The molecule has 2 aromatic rings. The van der Waals surface area contributed by atoms with Crippen LogP contribution < -0.4 is 5.32 Å². The Balaban J connectivity index is 0.00000242. The van der Waals surface area contributed by atoms with E-state index in [1.807, 2.05) is 0 Å². The molecule has 2 aromatic carbocycles. The quantitative estimate of drug-likeness (QED) is 0.768. The molecule has 1 unspecified atom stereocenters. The van der Waals surface area contributed by atoms with Gasteiger partial charge >= 0.3 is 0 Å². The third-order valence-corrected chi connectivity index (χ3v) is 3.56. The van der Waals surface area contributed by atoms with Crippen LogP contribution in [0.2, 0.25) is 10.0 Å². The van der Waals surface area contributed by atoms with Crippen molar-refractivity contribution in [3.8, 4) is 0 Å². The topological polar surface area (TPSA) is 49.3 Å². The fourth-order valence-corrected chi connectivity index (χ4v) is 2.26. The molecule has 0 aromatic heterocycles. The van der Waals surface area contributed by atoms with Crippen molar-refractivity contribution >= 4 is 41.4 Å². The molecule has 2 rings (SSSR count). The predicted molar refractivity (Wildman–Crippen MR) is 92.3 cm³/mol. The maximum atomic E-state index is 12.6. The van der Waals surface area contributed by atoms with E-state index >= 15 is 0 Å². The van der Waals surface area contributed by atoms with Crippen LogP contribution in [0.4, 0.5) is 0 Å². The highest BCUT2D eigenvalue weighted by molar-refractivity contribution is 6.31. The first-order chi connectivity index (χ1) is 10.1. The molecule has 0 amide bonds. The van der Waals surface area contributed by atoms with Crippen molar-refractivity contribution in [1.82, 2.24) is 5.32 Å². The molecule has 0 spiro atoms. The Kier molecular flexibility index (Phi) is 7.87. The summed E-state index contributed by atoms with van der Waals surface area (Å²) in [6.45, 7) is 0.282. The van der Waals surface area contributed by atoms with E-state index in [-0.39, 0.29) is 24.8 Å². The summed E-state index contributed by atoms with van der Waals surface area (Å²) in [6.07, 6.45) is 0. The Hall–Kier alpha value is -1.10. The highest BCUT2D eigenvalue weighted by Gasteiger charge is 2.21. The van der Waals surface area contributed by atoms with Gasteiger partial charge in [-0.3, -0.25) is 4.79 Å². The third-order valence-electron chi connectivity index (χ3n) is 3.05. The molecule has 0 aliphatic rings. The summed E-state index contributed by atoms with van der Waals surface area (Å²) in [6, 6.07) is 13.3. The largest absolute Gasteiger partial charge is 0.395 e. The first kappa shape index (κ1) is 18.9. The van der Waals surface area contributed by atoms with Crippen molar-refractivity contribution in [2.75, 3.05) is 13.2 Å². The van der Waals surface area contributed by atoms with Crippen LogP contribution in [0.1, 0.15) is 22.0 Å². The first-order valence-corrected chi connectivity index (χ1v) is 7.27. The minimum atomic E-state index is -0.532. The molecule has 2 N–H and O–H groups in total. The molecular weight excluding hydrogens is 345 g/mol. The van der Waals surface area contributed by atoms with E-state index in [1.54, 1.807) is 48.5 Å². The molecular formula is C16H16Cl3NO2. The number of halogens is 3. The molecule has 0 fully saturated rings. The van der Waals surface area contributed by atoms with Gasteiger partial charge in [-0.15, -0.1) is 12.4 Å². The van der Waals surface area contributed by atoms with Crippen LogP contribution in [0.15, 0.2) is 48.5 Å². The highest BCUT2D eigenvalue weighted by atomic mass is 35.5. The Morgan fingerprint density at radius 2 is 1.50 bits per heavy atom. The van der Waals surface area contributed by atoms with Gasteiger partial charge in [0.1, 0.15) is 0 Å². The normalized spacial score (nSPS) is 11.6. The maximum Gasteiger partial charge on any atom is 0.184 e. The fraction of sp³-hybridized carbons (Fsp3) is 0.188. The van der Waals surface area contributed by atoms with Gasteiger partial charge in [-0.2, -0.15) is 0 Å². The van der Waals surface area contributed by atoms with Gasteiger partial charge in [-0.25, -0.2) is 0 Å². The average Bonchev–Trinajstić information content (AvgIpc) is 2.50. The summed E-state index contributed by atoms with van der Waals surface area (Å²) in [5.41, 5.74) is 1.36. The molecule has 0 aliphatic heterocycles. The van der Waals surface area contributed by atoms with Gasteiger partial charge < -0.3 is 10.4 Å². The molecule has 0 saturated carbocycles. The zero-order valence-electron chi connectivity index (χ0n) is 11.6. The molecule has 0 aliphatic carbocycles. The highest BCUT2D eigenvalue weighted by Crippen LogP contribution is 2.21. The number of benzene rings is 2. The van der Waals surface area contributed by atoms with Gasteiger partial charge in [-0.05, 0) is 42.0 Å².